The van der Waals surface area contributed by atoms with Crippen LogP contribution >= 0.6 is 0 Å². The molecule has 3 aromatic heterocycles. The summed E-state index contributed by atoms with van der Waals surface area (Å²) < 4.78 is 1.72. The van der Waals surface area contributed by atoms with E-state index in [2.05, 4.69) is 25.6 Å². The van der Waals surface area contributed by atoms with Crippen LogP contribution in [0, 0.1) is 5.92 Å². The number of nitrogens with one attached hydrogen (secondary N) is 1. The Bertz CT molecular complexity index is 1090. The summed E-state index contributed by atoms with van der Waals surface area (Å²) in [7, 11) is 0. The van der Waals surface area contributed by atoms with E-state index in [4.69, 9.17) is 0 Å². The zero-order chi connectivity index (χ0) is 18.8. The summed E-state index contributed by atoms with van der Waals surface area (Å²) in [6.45, 7) is 3.73. The molecule has 7 nitrogen and oxygen atoms in total. The average Bonchev–Trinajstić information content (AvgIpc) is 3.12. The van der Waals surface area contributed by atoms with E-state index < -0.39 is 0 Å². The Morgan fingerprint density at radius 3 is 2.37 bits per heavy atom. The van der Waals surface area contributed by atoms with Gasteiger partial charge in [-0.2, -0.15) is 9.61 Å². The Balaban J connectivity index is 1.67. The standard InChI is InChI=1S/C20H18N6O/c1-13(2)20(27)22-16-5-3-14(4-6-16)17-7-8-18-23-24-19(26(18)25-17)15-9-11-21-12-10-15/h3-13H,1-2H3,(H,22,27). The number of fused-ring (bicyclic) bond motifs is 1. The summed E-state index contributed by atoms with van der Waals surface area (Å²) >= 11 is 0. The maximum absolute atomic E-state index is 11.8. The predicted octanol–water partition coefficient (Wildman–Crippen LogP) is 3.45. The van der Waals surface area contributed by atoms with Crippen LogP contribution in [0.1, 0.15) is 13.8 Å². The molecule has 0 fully saturated rings. The van der Waals surface area contributed by atoms with Crippen LogP contribution in [0.5, 0.6) is 0 Å². The Labute approximate surface area is 156 Å². The highest BCUT2D eigenvalue weighted by molar-refractivity contribution is 5.92. The highest BCUT2D eigenvalue weighted by Gasteiger charge is 2.11. The van der Waals surface area contributed by atoms with Gasteiger partial charge in [0.2, 0.25) is 5.91 Å². The van der Waals surface area contributed by atoms with Gasteiger partial charge in [0.15, 0.2) is 11.5 Å². The maximum atomic E-state index is 11.8. The highest BCUT2D eigenvalue weighted by atomic mass is 16.1. The molecule has 0 unspecified atom stereocenters. The van der Waals surface area contributed by atoms with Gasteiger partial charge in [0.25, 0.3) is 0 Å². The molecule has 0 bridgehead atoms. The lowest BCUT2D eigenvalue weighted by Gasteiger charge is -2.08. The van der Waals surface area contributed by atoms with Crippen molar-refractivity contribution in [3.63, 3.8) is 0 Å². The predicted molar refractivity (Wildman–Crippen MR) is 103 cm³/mol. The monoisotopic (exact) mass is 358 g/mol. The quantitative estimate of drug-likeness (QED) is 0.604. The van der Waals surface area contributed by atoms with Crippen molar-refractivity contribution in [3.05, 3.63) is 60.9 Å². The minimum Gasteiger partial charge on any atom is -0.326 e. The number of carbonyl (C=O) groups excluding carboxylic acids is 1. The van der Waals surface area contributed by atoms with Crippen LogP contribution < -0.4 is 5.32 Å². The summed E-state index contributed by atoms with van der Waals surface area (Å²) in [5.41, 5.74) is 4.06. The molecule has 27 heavy (non-hydrogen) atoms. The van der Waals surface area contributed by atoms with Gasteiger partial charge in [0.05, 0.1) is 5.69 Å². The minimum absolute atomic E-state index is 0.00576. The maximum Gasteiger partial charge on any atom is 0.226 e. The number of nitrogens with zero attached hydrogens (tertiary/aromatic N) is 5. The first-order valence-electron chi connectivity index (χ1n) is 8.66. The SMILES string of the molecule is CC(C)C(=O)Nc1ccc(-c2ccc3nnc(-c4ccncc4)n3n2)cc1. The second kappa shape index (κ2) is 6.95. The van der Waals surface area contributed by atoms with Crippen LogP contribution in [0.25, 0.3) is 28.3 Å². The summed E-state index contributed by atoms with van der Waals surface area (Å²) in [5, 5.41) is 16.0. The van der Waals surface area contributed by atoms with Gasteiger partial charge in [0.1, 0.15) is 0 Å². The number of pyridine rings is 1. The number of rotatable bonds is 4. The molecule has 0 spiro atoms. The summed E-state index contributed by atoms with van der Waals surface area (Å²) in [6, 6.07) is 15.1. The van der Waals surface area contributed by atoms with Crippen molar-refractivity contribution < 1.29 is 4.79 Å². The third-order valence-electron chi connectivity index (χ3n) is 4.17. The van der Waals surface area contributed by atoms with E-state index in [0.717, 1.165) is 22.5 Å². The van der Waals surface area contributed by atoms with Gasteiger partial charge in [-0.3, -0.25) is 9.78 Å². The molecule has 1 aromatic carbocycles. The smallest absolute Gasteiger partial charge is 0.226 e. The lowest BCUT2D eigenvalue weighted by molar-refractivity contribution is -0.118. The van der Waals surface area contributed by atoms with Crippen molar-refractivity contribution in [1.82, 2.24) is 24.8 Å². The van der Waals surface area contributed by atoms with Crippen molar-refractivity contribution in [2.75, 3.05) is 5.32 Å². The van der Waals surface area contributed by atoms with Crippen molar-refractivity contribution in [1.29, 1.82) is 0 Å². The fourth-order valence-corrected chi connectivity index (χ4v) is 2.63. The first-order valence-corrected chi connectivity index (χ1v) is 8.66. The number of benzene rings is 1. The van der Waals surface area contributed by atoms with Gasteiger partial charge >= 0.3 is 0 Å². The van der Waals surface area contributed by atoms with Gasteiger partial charge in [0, 0.05) is 35.1 Å². The molecule has 1 N–H and O–H groups in total. The molecule has 1 amide bonds. The number of hydrogen-bond donors (Lipinski definition) is 1. The van der Waals surface area contributed by atoms with E-state index in [1.54, 1.807) is 16.9 Å². The average molecular weight is 358 g/mol. The lowest BCUT2D eigenvalue weighted by atomic mass is 10.1. The molecule has 0 atom stereocenters. The van der Waals surface area contributed by atoms with E-state index >= 15 is 0 Å². The summed E-state index contributed by atoms with van der Waals surface area (Å²) in [6.07, 6.45) is 3.43. The molecule has 4 rings (SSSR count). The molecule has 7 heteroatoms. The topological polar surface area (TPSA) is 85.1 Å². The minimum atomic E-state index is -0.0610. The third-order valence-corrected chi connectivity index (χ3v) is 4.17. The first kappa shape index (κ1) is 16.8. The van der Waals surface area contributed by atoms with Gasteiger partial charge in [-0.05, 0) is 36.4 Å². The van der Waals surface area contributed by atoms with Crippen molar-refractivity contribution in [2.24, 2.45) is 5.92 Å². The van der Waals surface area contributed by atoms with Gasteiger partial charge in [-0.15, -0.1) is 10.2 Å². The van der Waals surface area contributed by atoms with Crippen LogP contribution in [0.2, 0.25) is 0 Å². The first-order chi connectivity index (χ1) is 13.1. The molecule has 0 saturated carbocycles. The van der Waals surface area contributed by atoms with E-state index in [0.29, 0.717) is 11.5 Å². The zero-order valence-corrected chi connectivity index (χ0v) is 15.0. The molecule has 134 valence electrons. The number of amides is 1. The Morgan fingerprint density at radius 1 is 0.926 bits per heavy atom. The van der Waals surface area contributed by atoms with Crippen LogP contribution in [0.4, 0.5) is 5.69 Å². The number of hydrogen-bond acceptors (Lipinski definition) is 5. The fraction of sp³-hybridized carbons (Fsp3) is 0.150. The molecule has 3 heterocycles. The van der Waals surface area contributed by atoms with E-state index in [1.165, 1.54) is 0 Å². The van der Waals surface area contributed by atoms with Crippen molar-refractivity contribution in [2.45, 2.75) is 13.8 Å². The third kappa shape index (κ3) is 3.39. The number of anilines is 1. The molecule has 0 radical (unpaired) electrons. The van der Waals surface area contributed by atoms with Crippen LogP contribution in [0.15, 0.2) is 60.9 Å². The van der Waals surface area contributed by atoms with Gasteiger partial charge in [-0.25, -0.2) is 0 Å². The van der Waals surface area contributed by atoms with E-state index in [9.17, 15) is 4.79 Å². The normalized spacial score (nSPS) is 11.1. The lowest BCUT2D eigenvalue weighted by Crippen LogP contribution is -2.17. The van der Waals surface area contributed by atoms with Crippen molar-refractivity contribution >= 4 is 17.2 Å². The Morgan fingerprint density at radius 2 is 1.67 bits per heavy atom. The fourth-order valence-electron chi connectivity index (χ4n) is 2.63. The Kier molecular flexibility index (Phi) is 4.33. The molecule has 0 aliphatic carbocycles. The number of aromatic nitrogens is 5. The molecular weight excluding hydrogens is 340 g/mol. The number of carbonyl (C=O) groups is 1. The van der Waals surface area contributed by atoms with E-state index in [-0.39, 0.29) is 11.8 Å². The second-order valence-electron chi connectivity index (χ2n) is 6.47. The molecule has 4 aromatic rings. The van der Waals surface area contributed by atoms with Gasteiger partial charge < -0.3 is 5.32 Å². The molecule has 0 aliphatic heterocycles. The van der Waals surface area contributed by atoms with E-state index in [1.807, 2.05) is 62.4 Å². The molecular formula is C20H18N6O. The van der Waals surface area contributed by atoms with Crippen LogP contribution in [-0.2, 0) is 4.79 Å². The second-order valence-corrected chi connectivity index (χ2v) is 6.47. The summed E-state index contributed by atoms with van der Waals surface area (Å²) in [4.78, 5) is 15.8. The van der Waals surface area contributed by atoms with Crippen LogP contribution in [-0.4, -0.2) is 30.7 Å². The van der Waals surface area contributed by atoms with Crippen molar-refractivity contribution in [3.8, 4) is 22.6 Å². The van der Waals surface area contributed by atoms with Gasteiger partial charge in [-0.1, -0.05) is 26.0 Å². The summed E-state index contributed by atoms with van der Waals surface area (Å²) in [5.74, 6) is 0.595. The largest absolute Gasteiger partial charge is 0.326 e. The highest BCUT2D eigenvalue weighted by Crippen LogP contribution is 2.22. The Hall–Kier alpha value is -3.61. The van der Waals surface area contributed by atoms with Crippen LogP contribution in [0.3, 0.4) is 0 Å². The molecule has 0 saturated heterocycles. The molecule has 0 aliphatic rings. The zero-order valence-electron chi connectivity index (χ0n) is 15.0.